The van der Waals surface area contributed by atoms with Crippen molar-refractivity contribution in [2.24, 2.45) is 0 Å². The van der Waals surface area contributed by atoms with E-state index >= 15 is 0 Å². The number of amides is 2. The first-order valence-electron chi connectivity index (χ1n) is 9.37. The number of hydrogen-bond donors (Lipinski definition) is 1. The zero-order valence-corrected chi connectivity index (χ0v) is 16.9. The lowest BCUT2D eigenvalue weighted by Gasteiger charge is -2.15. The molecule has 2 amide bonds. The average Bonchev–Trinajstić information content (AvgIpc) is 2.96. The summed E-state index contributed by atoms with van der Waals surface area (Å²) in [5.74, 6) is -1.23. The van der Waals surface area contributed by atoms with Gasteiger partial charge >= 0.3 is 0 Å². The summed E-state index contributed by atoms with van der Waals surface area (Å²) in [6.07, 6.45) is 0. The van der Waals surface area contributed by atoms with Gasteiger partial charge in [0, 0.05) is 10.7 Å². The topological polar surface area (TPSA) is 49.4 Å². The third-order valence-electron chi connectivity index (χ3n) is 4.88. The monoisotopic (exact) mass is 420 g/mol. The zero-order chi connectivity index (χ0) is 21.3. The molecule has 1 aliphatic heterocycles. The lowest BCUT2D eigenvalue weighted by atomic mass is 10.0. The highest BCUT2D eigenvalue weighted by molar-refractivity contribution is 6.36. The molecule has 4 rings (SSSR count). The van der Waals surface area contributed by atoms with Gasteiger partial charge in [-0.1, -0.05) is 53.6 Å². The number of imide groups is 1. The molecule has 1 heterocycles. The Morgan fingerprint density at radius 2 is 1.50 bits per heavy atom. The van der Waals surface area contributed by atoms with E-state index in [4.69, 9.17) is 11.6 Å². The van der Waals surface area contributed by atoms with Crippen molar-refractivity contribution < 1.29 is 14.0 Å². The Morgan fingerprint density at radius 1 is 0.867 bits per heavy atom. The lowest BCUT2D eigenvalue weighted by Crippen LogP contribution is -2.32. The predicted molar refractivity (Wildman–Crippen MR) is 115 cm³/mol. The molecule has 0 fully saturated rings. The second-order valence-corrected chi connectivity index (χ2v) is 7.51. The minimum atomic E-state index is -0.435. The molecule has 4 nitrogen and oxygen atoms in total. The molecule has 0 aliphatic carbocycles. The van der Waals surface area contributed by atoms with Gasteiger partial charge in [0.05, 0.1) is 12.1 Å². The summed E-state index contributed by atoms with van der Waals surface area (Å²) < 4.78 is 13.2. The molecule has 1 aliphatic rings. The van der Waals surface area contributed by atoms with Gasteiger partial charge in [-0.3, -0.25) is 14.5 Å². The SMILES string of the molecule is Cc1ccc(NC2=C(c3ccc(Cl)cc3)C(=O)N(Cc3ccc(F)cc3)C2=O)cc1. The highest BCUT2D eigenvalue weighted by Gasteiger charge is 2.39. The van der Waals surface area contributed by atoms with Gasteiger partial charge in [-0.25, -0.2) is 4.39 Å². The minimum Gasteiger partial charge on any atom is -0.350 e. The fraction of sp³-hybridized carbons (Fsp3) is 0.0833. The van der Waals surface area contributed by atoms with Crippen LogP contribution in [0.4, 0.5) is 10.1 Å². The molecule has 6 heteroatoms. The van der Waals surface area contributed by atoms with Crippen LogP contribution in [0.25, 0.3) is 5.57 Å². The normalized spacial score (nSPS) is 13.9. The number of carbonyl (C=O) groups excluding carboxylic acids is 2. The summed E-state index contributed by atoms with van der Waals surface area (Å²) in [6, 6.07) is 20.0. The minimum absolute atomic E-state index is 0.0497. The van der Waals surface area contributed by atoms with Crippen LogP contribution in [0.2, 0.25) is 5.02 Å². The standard InChI is InChI=1S/C24H18ClFN2O2/c1-15-2-12-20(13-3-15)27-22-21(17-6-8-18(25)9-7-17)23(29)28(24(22)30)14-16-4-10-19(26)11-5-16/h2-13,27H,14H2,1H3. The predicted octanol–water partition coefficient (Wildman–Crippen LogP) is 5.18. The van der Waals surface area contributed by atoms with Gasteiger partial charge in [0.25, 0.3) is 11.8 Å². The van der Waals surface area contributed by atoms with Gasteiger partial charge in [-0.15, -0.1) is 0 Å². The van der Waals surface area contributed by atoms with Crippen molar-refractivity contribution in [2.45, 2.75) is 13.5 Å². The summed E-state index contributed by atoms with van der Waals surface area (Å²) in [4.78, 5) is 27.6. The van der Waals surface area contributed by atoms with E-state index in [1.807, 2.05) is 31.2 Å². The molecule has 3 aromatic carbocycles. The molecule has 0 saturated carbocycles. The first-order chi connectivity index (χ1) is 14.4. The van der Waals surface area contributed by atoms with Crippen molar-refractivity contribution in [2.75, 3.05) is 5.32 Å². The zero-order valence-electron chi connectivity index (χ0n) is 16.2. The van der Waals surface area contributed by atoms with Crippen LogP contribution in [0, 0.1) is 12.7 Å². The third kappa shape index (κ3) is 3.98. The largest absolute Gasteiger partial charge is 0.350 e. The van der Waals surface area contributed by atoms with Crippen molar-refractivity contribution in [3.63, 3.8) is 0 Å². The van der Waals surface area contributed by atoms with Crippen molar-refractivity contribution in [1.29, 1.82) is 0 Å². The van der Waals surface area contributed by atoms with Crippen LogP contribution in [0.3, 0.4) is 0 Å². The number of anilines is 1. The Hall–Kier alpha value is -3.44. The number of carbonyl (C=O) groups is 2. The first kappa shape index (κ1) is 19.9. The van der Waals surface area contributed by atoms with Crippen LogP contribution in [0.1, 0.15) is 16.7 Å². The van der Waals surface area contributed by atoms with Gasteiger partial charge in [0.15, 0.2) is 0 Å². The quantitative estimate of drug-likeness (QED) is 0.578. The molecule has 0 atom stereocenters. The van der Waals surface area contributed by atoms with E-state index in [0.29, 0.717) is 21.8 Å². The van der Waals surface area contributed by atoms with Crippen LogP contribution in [-0.4, -0.2) is 16.7 Å². The van der Waals surface area contributed by atoms with E-state index in [1.54, 1.807) is 36.4 Å². The highest BCUT2D eigenvalue weighted by Crippen LogP contribution is 2.32. The van der Waals surface area contributed by atoms with Crippen LogP contribution in [0.15, 0.2) is 78.5 Å². The number of benzene rings is 3. The first-order valence-corrected chi connectivity index (χ1v) is 9.75. The van der Waals surface area contributed by atoms with Crippen molar-refractivity contribution >= 4 is 34.7 Å². The summed E-state index contributed by atoms with van der Waals surface area (Å²) in [6.45, 7) is 2.02. The van der Waals surface area contributed by atoms with E-state index in [2.05, 4.69) is 5.32 Å². The van der Waals surface area contributed by atoms with E-state index in [1.165, 1.54) is 12.1 Å². The van der Waals surface area contributed by atoms with Gasteiger partial charge < -0.3 is 5.32 Å². The van der Waals surface area contributed by atoms with E-state index in [9.17, 15) is 14.0 Å². The summed E-state index contributed by atoms with van der Waals surface area (Å²) >= 11 is 5.99. The van der Waals surface area contributed by atoms with Crippen molar-refractivity contribution in [1.82, 2.24) is 4.90 Å². The van der Waals surface area contributed by atoms with E-state index in [-0.39, 0.29) is 23.6 Å². The lowest BCUT2D eigenvalue weighted by molar-refractivity contribution is -0.137. The number of halogens is 2. The number of nitrogens with zero attached hydrogens (tertiary/aromatic N) is 1. The fourth-order valence-electron chi connectivity index (χ4n) is 3.27. The second-order valence-electron chi connectivity index (χ2n) is 7.07. The number of aryl methyl sites for hydroxylation is 1. The Labute approximate surface area is 178 Å². The number of nitrogens with one attached hydrogen (secondary N) is 1. The van der Waals surface area contributed by atoms with Crippen molar-refractivity contribution in [3.05, 3.63) is 106 Å². The summed E-state index contributed by atoms with van der Waals surface area (Å²) in [5.41, 5.74) is 3.51. The maximum atomic E-state index is 13.2. The van der Waals surface area contributed by atoms with Crippen LogP contribution in [0.5, 0.6) is 0 Å². The maximum absolute atomic E-state index is 13.2. The van der Waals surface area contributed by atoms with Crippen LogP contribution >= 0.6 is 11.6 Å². The molecule has 0 radical (unpaired) electrons. The van der Waals surface area contributed by atoms with E-state index in [0.717, 1.165) is 10.5 Å². The Kier molecular flexibility index (Phi) is 5.38. The molecule has 30 heavy (non-hydrogen) atoms. The summed E-state index contributed by atoms with van der Waals surface area (Å²) in [5, 5.41) is 3.65. The van der Waals surface area contributed by atoms with Gasteiger partial charge in [-0.05, 0) is 54.4 Å². The third-order valence-corrected chi connectivity index (χ3v) is 5.13. The molecule has 150 valence electrons. The van der Waals surface area contributed by atoms with Gasteiger partial charge in [-0.2, -0.15) is 0 Å². The highest BCUT2D eigenvalue weighted by atomic mass is 35.5. The van der Waals surface area contributed by atoms with Crippen molar-refractivity contribution in [3.8, 4) is 0 Å². The molecule has 0 aromatic heterocycles. The molecule has 0 bridgehead atoms. The Bertz CT molecular complexity index is 1140. The number of rotatable bonds is 5. The second kappa shape index (κ2) is 8.13. The molecule has 0 unspecified atom stereocenters. The Balaban J connectivity index is 1.72. The summed E-state index contributed by atoms with van der Waals surface area (Å²) in [7, 11) is 0. The molecule has 1 N–H and O–H groups in total. The fourth-order valence-corrected chi connectivity index (χ4v) is 3.40. The van der Waals surface area contributed by atoms with E-state index < -0.39 is 11.8 Å². The molecule has 0 saturated heterocycles. The molecular weight excluding hydrogens is 403 g/mol. The maximum Gasteiger partial charge on any atom is 0.278 e. The average molecular weight is 421 g/mol. The van der Waals surface area contributed by atoms with Gasteiger partial charge in [0.2, 0.25) is 0 Å². The number of hydrogen-bond acceptors (Lipinski definition) is 3. The molecule has 3 aromatic rings. The van der Waals surface area contributed by atoms with Crippen LogP contribution in [-0.2, 0) is 16.1 Å². The smallest absolute Gasteiger partial charge is 0.278 e. The van der Waals surface area contributed by atoms with Crippen LogP contribution < -0.4 is 5.32 Å². The van der Waals surface area contributed by atoms with Gasteiger partial charge in [0.1, 0.15) is 11.5 Å². The Morgan fingerprint density at radius 3 is 2.13 bits per heavy atom. The molecule has 0 spiro atoms. The molecular formula is C24H18ClFN2O2.